The van der Waals surface area contributed by atoms with Gasteiger partial charge in [0.25, 0.3) is 11.8 Å². The van der Waals surface area contributed by atoms with Crippen LogP contribution in [0.1, 0.15) is 17.0 Å². The van der Waals surface area contributed by atoms with Crippen LogP contribution in [0, 0.1) is 19.7 Å². The first-order valence-corrected chi connectivity index (χ1v) is 10.9. The van der Waals surface area contributed by atoms with Crippen LogP contribution >= 0.6 is 23.4 Å². The molecule has 0 atom stereocenters. The first-order chi connectivity index (χ1) is 15.3. The van der Waals surface area contributed by atoms with Gasteiger partial charge in [-0.05, 0) is 73.6 Å². The molecule has 2 amide bonds. The van der Waals surface area contributed by atoms with Gasteiger partial charge in [0.05, 0.1) is 6.54 Å². The lowest BCUT2D eigenvalue weighted by Gasteiger charge is -2.15. The molecule has 9 heteroatoms. The van der Waals surface area contributed by atoms with E-state index in [9.17, 15) is 14.0 Å². The van der Waals surface area contributed by atoms with Gasteiger partial charge in [-0.1, -0.05) is 23.7 Å². The van der Waals surface area contributed by atoms with Crippen LogP contribution < -0.4 is 5.32 Å². The molecule has 3 aromatic rings. The second kappa shape index (κ2) is 9.10. The Hall–Kier alpha value is -3.23. The molecule has 0 fully saturated rings. The van der Waals surface area contributed by atoms with E-state index in [4.69, 9.17) is 11.6 Å². The molecule has 1 aliphatic rings. The summed E-state index contributed by atoms with van der Waals surface area (Å²) < 4.78 is 13.3. The van der Waals surface area contributed by atoms with Crippen LogP contribution in [-0.2, 0) is 16.1 Å². The van der Waals surface area contributed by atoms with E-state index in [1.807, 2.05) is 19.9 Å². The highest BCUT2D eigenvalue weighted by Gasteiger charge is 2.39. The number of nitrogens with zero attached hydrogens (tertiary/aromatic N) is 3. The highest BCUT2D eigenvalue weighted by atomic mass is 35.5. The van der Waals surface area contributed by atoms with Crippen LogP contribution in [0.5, 0.6) is 0 Å². The molecule has 1 N–H and O–H groups in total. The largest absolute Gasteiger partial charge is 0.350 e. The van der Waals surface area contributed by atoms with Crippen LogP contribution in [0.4, 0.5) is 10.1 Å². The normalized spacial score (nSPS) is 13.8. The number of carbonyl (C=O) groups excluding carboxylic acids is 2. The number of hydrogen-bond donors (Lipinski definition) is 1. The lowest BCUT2D eigenvalue weighted by molar-refractivity contribution is -0.137. The summed E-state index contributed by atoms with van der Waals surface area (Å²) in [5.41, 5.74) is 2.84. The SMILES string of the molecule is Cc1cc(C)nc(SC2=C(Nc3ccc(F)cc3)C(=O)N(Cc3ccc(Cl)cc3)C2=O)n1. The number of carbonyl (C=O) groups is 2. The summed E-state index contributed by atoms with van der Waals surface area (Å²) in [6.45, 7) is 3.75. The topological polar surface area (TPSA) is 75.2 Å². The summed E-state index contributed by atoms with van der Waals surface area (Å²) in [7, 11) is 0. The van der Waals surface area contributed by atoms with Crippen molar-refractivity contribution >= 4 is 40.9 Å². The maximum atomic E-state index is 13.3. The van der Waals surface area contributed by atoms with Gasteiger partial charge in [0, 0.05) is 22.1 Å². The zero-order chi connectivity index (χ0) is 22.8. The molecular formula is C23H18ClFN4O2S. The average molecular weight is 469 g/mol. The summed E-state index contributed by atoms with van der Waals surface area (Å²) in [6, 6.07) is 14.3. The minimum absolute atomic E-state index is 0.0845. The maximum absolute atomic E-state index is 13.3. The van der Waals surface area contributed by atoms with E-state index in [0.29, 0.717) is 15.9 Å². The van der Waals surface area contributed by atoms with Crippen molar-refractivity contribution in [3.8, 4) is 0 Å². The fourth-order valence-electron chi connectivity index (χ4n) is 3.18. The van der Waals surface area contributed by atoms with E-state index >= 15 is 0 Å². The van der Waals surface area contributed by atoms with Crippen molar-refractivity contribution < 1.29 is 14.0 Å². The Morgan fingerprint density at radius 2 is 1.59 bits per heavy atom. The lowest BCUT2D eigenvalue weighted by atomic mass is 10.2. The molecular weight excluding hydrogens is 451 g/mol. The first-order valence-electron chi connectivity index (χ1n) is 9.68. The molecule has 1 aromatic heterocycles. The van der Waals surface area contributed by atoms with E-state index < -0.39 is 17.6 Å². The van der Waals surface area contributed by atoms with Gasteiger partial charge in [0.1, 0.15) is 16.4 Å². The number of imide groups is 1. The smallest absolute Gasteiger partial charge is 0.278 e. The molecule has 0 radical (unpaired) electrons. The minimum Gasteiger partial charge on any atom is -0.350 e. The van der Waals surface area contributed by atoms with Crippen molar-refractivity contribution in [3.63, 3.8) is 0 Å². The van der Waals surface area contributed by atoms with E-state index in [2.05, 4.69) is 15.3 Å². The Bertz CT molecular complexity index is 1210. The summed E-state index contributed by atoms with van der Waals surface area (Å²) >= 11 is 6.97. The van der Waals surface area contributed by atoms with Gasteiger partial charge >= 0.3 is 0 Å². The molecule has 2 aromatic carbocycles. The molecule has 162 valence electrons. The number of thioether (sulfide) groups is 1. The zero-order valence-corrected chi connectivity index (χ0v) is 18.8. The van der Waals surface area contributed by atoms with Crippen LogP contribution in [-0.4, -0.2) is 26.7 Å². The Morgan fingerprint density at radius 3 is 2.22 bits per heavy atom. The molecule has 0 spiro atoms. The van der Waals surface area contributed by atoms with E-state index in [1.54, 1.807) is 24.3 Å². The van der Waals surface area contributed by atoms with Gasteiger partial charge in [-0.15, -0.1) is 0 Å². The number of aryl methyl sites for hydroxylation is 2. The van der Waals surface area contributed by atoms with Crippen molar-refractivity contribution in [2.45, 2.75) is 25.5 Å². The quantitative estimate of drug-likeness (QED) is 0.411. The van der Waals surface area contributed by atoms with Gasteiger partial charge in [0.2, 0.25) is 0 Å². The number of amides is 2. The van der Waals surface area contributed by atoms with Gasteiger partial charge < -0.3 is 5.32 Å². The molecule has 2 heterocycles. The Labute approximate surface area is 193 Å². The second-order valence-electron chi connectivity index (χ2n) is 7.19. The maximum Gasteiger partial charge on any atom is 0.278 e. The number of nitrogens with one attached hydrogen (secondary N) is 1. The van der Waals surface area contributed by atoms with Crippen LogP contribution in [0.25, 0.3) is 0 Å². The van der Waals surface area contributed by atoms with Gasteiger partial charge in [0.15, 0.2) is 5.16 Å². The minimum atomic E-state index is -0.485. The highest BCUT2D eigenvalue weighted by molar-refractivity contribution is 8.04. The van der Waals surface area contributed by atoms with Crippen molar-refractivity contribution in [1.29, 1.82) is 0 Å². The zero-order valence-electron chi connectivity index (χ0n) is 17.2. The van der Waals surface area contributed by atoms with Crippen molar-refractivity contribution in [3.05, 3.63) is 93.0 Å². The summed E-state index contributed by atoms with van der Waals surface area (Å²) in [6.07, 6.45) is 0. The number of aromatic nitrogens is 2. The molecule has 1 aliphatic heterocycles. The van der Waals surface area contributed by atoms with Gasteiger partial charge in [-0.25, -0.2) is 14.4 Å². The number of anilines is 1. The number of rotatable bonds is 6. The van der Waals surface area contributed by atoms with Crippen LogP contribution in [0.3, 0.4) is 0 Å². The first kappa shape index (κ1) is 22.0. The Morgan fingerprint density at radius 1 is 0.969 bits per heavy atom. The Balaban J connectivity index is 1.69. The van der Waals surface area contributed by atoms with Crippen LogP contribution in [0.2, 0.25) is 5.02 Å². The fourth-order valence-corrected chi connectivity index (χ4v) is 4.31. The fraction of sp³-hybridized carbons (Fsp3) is 0.130. The van der Waals surface area contributed by atoms with E-state index in [1.165, 1.54) is 24.3 Å². The van der Waals surface area contributed by atoms with Crippen molar-refractivity contribution in [2.24, 2.45) is 0 Å². The van der Waals surface area contributed by atoms with Crippen molar-refractivity contribution in [2.75, 3.05) is 5.32 Å². The predicted octanol–water partition coefficient (Wildman–Crippen LogP) is 4.87. The molecule has 0 bridgehead atoms. The van der Waals surface area contributed by atoms with Crippen molar-refractivity contribution in [1.82, 2.24) is 14.9 Å². The summed E-state index contributed by atoms with van der Waals surface area (Å²) in [5.74, 6) is -1.34. The molecule has 6 nitrogen and oxygen atoms in total. The third-order valence-electron chi connectivity index (χ3n) is 4.65. The number of benzene rings is 2. The summed E-state index contributed by atoms with van der Waals surface area (Å²) in [4.78, 5) is 36.6. The molecule has 0 aliphatic carbocycles. The molecule has 4 rings (SSSR count). The number of halogens is 2. The standard InChI is InChI=1S/C23H18ClFN4O2S/c1-13-11-14(2)27-23(26-13)32-20-19(28-18-9-7-17(25)8-10-18)21(30)29(22(20)31)12-15-3-5-16(24)6-4-15/h3-11,28H,12H2,1-2H3. The third-order valence-corrected chi connectivity index (χ3v) is 5.85. The molecule has 32 heavy (non-hydrogen) atoms. The van der Waals surface area contributed by atoms with Crippen LogP contribution in [0.15, 0.2) is 70.4 Å². The molecule has 0 saturated carbocycles. The number of hydrogen-bond acceptors (Lipinski definition) is 6. The Kier molecular flexibility index (Phi) is 6.25. The molecule has 0 unspecified atom stereocenters. The van der Waals surface area contributed by atoms with E-state index in [-0.39, 0.29) is 17.1 Å². The van der Waals surface area contributed by atoms with Gasteiger partial charge in [-0.2, -0.15) is 0 Å². The summed E-state index contributed by atoms with van der Waals surface area (Å²) in [5, 5.41) is 3.91. The predicted molar refractivity (Wildman–Crippen MR) is 121 cm³/mol. The lowest BCUT2D eigenvalue weighted by Crippen LogP contribution is -2.31. The highest BCUT2D eigenvalue weighted by Crippen LogP contribution is 2.35. The third kappa shape index (κ3) is 4.81. The second-order valence-corrected chi connectivity index (χ2v) is 8.61. The van der Waals surface area contributed by atoms with Gasteiger partial charge in [-0.3, -0.25) is 14.5 Å². The molecule has 0 saturated heterocycles. The average Bonchev–Trinajstić information content (AvgIpc) is 2.95. The monoisotopic (exact) mass is 468 g/mol. The van der Waals surface area contributed by atoms with E-state index in [0.717, 1.165) is 33.6 Å².